The summed E-state index contributed by atoms with van der Waals surface area (Å²) in [6.45, 7) is 14.5. The van der Waals surface area contributed by atoms with E-state index < -0.39 is 5.60 Å². The van der Waals surface area contributed by atoms with Crippen molar-refractivity contribution in [1.82, 2.24) is 20.4 Å². The Balaban J connectivity index is 2.58. The fourth-order valence-electron chi connectivity index (χ4n) is 2.61. The van der Waals surface area contributed by atoms with E-state index in [1.54, 1.807) is 0 Å². The number of nitrogens with zero attached hydrogens (tertiary/aromatic N) is 2. The smallest absolute Gasteiger partial charge is 0.407 e. The van der Waals surface area contributed by atoms with E-state index in [0.29, 0.717) is 6.54 Å². The molecule has 0 saturated carbocycles. The van der Waals surface area contributed by atoms with Gasteiger partial charge in [0.05, 0.1) is 5.69 Å². The topological polar surface area (TPSA) is 68.2 Å². The third kappa shape index (κ3) is 5.86. The summed E-state index contributed by atoms with van der Waals surface area (Å²) >= 11 is 0. The number of aromatic nitrogens is 2. The monoisotopic (exact) mass is 324 g/mol. The summed E-state index contributed by atoms with van der Waals surface area (Å²) in [7, 11) is 1.96. The van der Waals surface area contributed by atoms with Crippen LogP contribution in [0.3, 0.4) is 0 Å². The van der Waals surface area contributed by atoms with Gasteiger partial charge in [-0.25, -0.2) is 4.79 Å². The summed E-state index contributed by atoms with van der Waals surface area (Å²) in [5.41, 5.74) is 2.95. The molecule has 0 spiro atoms. The van der Waals surface area contributed by atoms with Crippen molar-refractivity contribution in [2.75, 3.05) is 6.54 Å². The molecule has 0 aliphatic carbocycles. The van der Waals surface area contributed by atoms with Gasteiger partial charge in [-0.1, -0.05) is 6.92 Å². The van der Waals surface area contributed by atoms with Crippen molar-refractivity contribution in [1.29, 1.82) is 0 Å². The van der Waals surface area contributed by atoms with Crippen LogP contribution in [0.5, 0.6) is 0 Å². The lowest BCUT2D eigenvalue weighted by atomic mass is 10.1. The third-order valence-corrected chi connectivity index (χ3v) is 3.88. The van der Waals surface area contributed by atoms with Crippen molar-refractivity contribution in [3.8, 4) is 0 Å². The largest absolute Gasteiger partial charge is 0.444 e. The Morgan fingerprint density at radius 1 is 1.35 bits per heavy atom. The minimum Gasteiger partial charge on any atom is -0.444 e. The number of amides is 1. The van der Waals surface area contributed by atoms with Gasteiger partial charge in [0.1, 0.15) is 5.60 Å². The van der Waals surface area contributed by atoms with Crippen molar-refractivity contribution in [3.05, 3.63) is 17.0 Å². The molecule has 0 aromatic carbocycles. The van der Waals surface area contributed by atoms with Crippen LogP contribution in [0.2, 0.25) is 0 Å². The second-order valence-corrected chi connectivity index (χ2v) is 7.09. The van der Waals surface area contributed by atoms with Gasteiger partial charge in [0, 0.05) is 36.9 Å². The molecule has 0 bridgehead atoms. The van der Waals surface area contributed by atoms with Crippen LogP contribution in [0.15, 0.2) is 0 Å². The maximum Gasteiger partial charge on any atom is 0.407 e. The summed E-state index contributed by atoms with van der Waals surface area (Å²) in [5, 5.41) is 10.9. The summed E-state index contributed by atoms with van der Waals surface area (Å²) in [6, 6.07) is 0.211. The van der Waals surface area contributed by atoms with Crippen LogP contribution in [0.25, 0.3) is 0 Å². The van der Waals surface area contributed by atoms with E-state index in [1.807, 2.05) is 39.4 Å². The van der Waals surface area contributed by atoms with Crippen LogP contribution in [0, 0.1) is 13.8 Å². The molecule has 1 heterocycles. The van der Waals surface area contributed by atoms with E-state index in [1.165, 1.54) is 5.56 Å². The second kappa shape index (κ2) is 7.81. The van der Waals surface area contributed by atoms with Gasteiger partial charge in [0.2, 0.25) is 0 Å². The predicted octanol–water partition coefficient (Wildman–Crippen LogP) is 2.99. The van der Waals surface area contributed by atoms with Gasteiger partial charge >= 0.3 is 6.09 Å². The quantitative estimate of drug-likeness (QED) is 0.844. The van der Waals surface area contributed by atoms with Crippen LogP contribution in [0.1, 0.15) is 64.0 Å². The molecule has 0 saturated heterocycles. The van der Waals surface area contributed by atoms with E-state index >= 15 is 0 Å². The number of hydrogen-bond donors (Lipinski definition) is 2. The highest BCUT2D eigenvalue weighted by atomic mass is 16.6. The van der Waals surface area contributed by atoms with Gasteiger partial charge in [-0.2, -0.15) is 5.10 Å². The Bertz CT molecular complexity index is 531. The first-order valence-corrected chi connectivity index (χ1v) is 8.28. The Hall–Kier alpha value is -1.56. The molecular weight excluding hydrogens is 292 g/mol. The lowest BCUT2D eigenvalue weighted by Crippen LogP contribution is -2.44. The number of carbonyl (C=O) groups excluding carboxylic acids is 1. The zero-order valence-corrected chi connectivity index (χ0v) is 15.8. The number of carbonyl (C=O) groups is 1. The lowest BCUT2D eigenvalue weighted by Gasteiger charge is -2.24. The minimum absolute atomic E-state index is 0.0320. The van der Waals surface area contributed by atoms with Gasteiger partial charge in [-0.3, -0.25) is 4.68 Å². The highest BCUT2D eigenvalue weighted by Gasteiger charge is 2.20. The Morgan fingerprint density at radius 2 is 1.96 bits per heavy atom. The molecule has 1 amide bonds. The van der Waals surface area contributed by atoms with E-state index in [9.17, 15) is 4.79 Å². The van der Waals surface area contributed by atoms with Crippen molar-refractivity contribution in [3.63, 3.8) is 0 Å². The maximum absolute atomic E-state index is 11.9. The van der Waals surface area contributed by atoms with Crippen molar-refractivity contribution in [2.45, 2.75) is 72.6 Å². The average molecular weight is 324 g/mol. The van der Waals surface area contributed by atoms with Gasteiger partial charge in [0.15, 0.2) is 0 Å². The van der Waals surface area contributed by atoms with Crippen molar-refractivity contribution < 1.29 is 9.53 Å². The fourth-order valence-corrected chi connectivity index (χ4v) is 2.61. The number of nitrogens with one attached hydrogen (secondary N) is 2. The molecule has 2 unspecified atom stereocenters. The Kier molecular flexibility index (Phi) is 6.62. The number of rotatable bonds is 6. The first kappa shape index (κ1) is 19.5. The zero-order chi connectivity index (χ0) is 17.8. The van der Waals surface area contributed by atoms with Gasteiger partial charge < -0.3 is 15.4 Å². The van der Waals surface area contributed by atoms with E-state index in [0.717, 1.165) is 17.8 Å². The number of ether oxygens (including phenoxy) is 1. The number of aryl methyl sites for hydroxylation is 2. The minimum atomic E-state index is -0.479. The molecule has 1 rings (SSSR count). The summed E-state index contributed by atoms with van der Waals surface area (Å²) in [5.74, 6) is 0. The van der Waals surface area contributed by atoms with E-state index in [2.05, 4.69) is 36.5 Å². The molecule has 6 nitrogen and oxygen atoms in total. The molecular formula is C17H32N4O2. The van der Waals surface area contributed by atoms with E-state index in [4.69, 9.17) is 4.74 Å². The Labute approximate surface area is 140 Å². The second-order valence-electron chi connectivity index (χ2n) is 7.09. The SMILES string of the molecule is CCC(CNC(C)c1c(C)nn(C)c1C)NC(=O)OC(C)(C)C. The van der Waals surface area contributed by atoms with Crippen molar-refractivity contribution in [2.24, 2.45) is 7.05 Å². The van der Waals surface area contributed by atoms with Crippen molar-refractivity contribution >= 4 is 6.09 Å². The molecule has 23 heavy (non-hydrogen) atoms. The molecule has 0 fully saturated rings. The fraction of sp³-hybridized carbons (Fsp3) is 0.765. The van der Waals surface area contributed by atoms with Crippen LogP contribution >= 0.6 is 0 Å². The summed E-state index contributed by atoms with van der Waals surface area (Å²) in [6.07, 6.45) is 0.469. The molecule has 1 aromatic rings. The first-order valence-electron chi connectivity index (χ1n) is 8.28. The molecule has 132 valence electrons. The molecule has 2 N–H and O–H groups in total. The summed E-state index contributed by atoms with van der Waals surface area (Å²) in [4.78, 5) is 11.9. The summed E-state index contributed by atoms with van der Waals surface area (Å²) < 4.78 is 7.21. The molecule has 1 aromatic heterocycles. The predicted molar refractivity (Wildman–Crippen MR) is 92.5 cm³/mol. The zero-order valence-electron chi connectivity index (χ0n) is 15.8. The normalized spacial score (nSPS) is 14.4. The van der Waals surface area contributed by atoms with Gasteiger partial charge in [-0.05, 0) is 48.0 Å². The molecule has 6 heteroatoms. The van der Waals surface area contributed by atoms with E-state index in [-0.39, 0.29) is 18.2 Å². The average Bonchev–Trinajstić information content (AvgIpc) is 2.65. The van der Waals surface area contributed by atoms with Gasteiger partial charge in [0.25, 0.3) is 0 Å². The Morgan fingerprint density at radius 3 is 2.39 bits per heavy atom. The van der Waals surface area contributed by atoms with Crippen LogP contribution in [-0.4, -0.2) is 34.1 Å². The van der Waals surface area contributed by atoms with Gasteiger partial charge in [-0.15, -0.1) is 0 Å². The highest BCUT2D eigenvalue weighted by molar-refractivity contribution is 5.68. The molecule has 0 aliphatic heterocycles. The molecule has 2 atom stereocenters. The maximum atomic E-state index is 11.9. The molecule has 0 radical (unpaired) electrons. The third-order valence-electron chi connectivity index (χ3n) is 3.88. The first-order chi connectivity index (χ1) is 10.5. The van der Waals surface area contributed by atoms with Crippen LogP contribution < -0.4 is 10.6 Å². The highest BCUT2D eigenvalue weighted by Crippen LogP contribution is 2.20. The molecule has 0 aliphatic rings. The van der Waals surface area contributed by atoms with Crippen LogP contribution in [0.4, 0.5) is 4.79 Å². The van der Waals surface area contributed by atoms with Crippen LogP contribution in [-0.2, 0) is 11.8 Å². The number of hydrogen-bond acceptors (Lipinski definition) is 4. The lowest BCUT2D eigenvalue weighted by molar-refractivity contribution is 0.0502. The number of alkyl carbamates (subject to hydrolysis) is 1. The standard InChI is InChI=1S/C17H32N4O2/c1-9-14(19-16(22)23-17(5,6)7)10-18-11(2)15-12(3)20-21(8)13(15)4/h11,14,18H,9-10H2,1-8H3,(H,19,22).